The van der Waals surface area contributed by atoms with Crippen molar-refractivity contribution in [1.82, 2.24) is 0 Å². The van der Waals surface area contributed by atoms with E-state index in [2.05, 4.69) is 6.07 Å². The number of halogens is 1. The molecule has 3 fully saturated rings. The van der Waals surface area contributed by atoms with Crippen molar-refractivity contribution in [2.45, 2.75) is 43.9 Å². The average Bonchev–Trinajstić information content (AvgIpc) is 2.41. The zero-order valence-corrected chi connectivity index (χ0v) is 9.88. The number of hydrogen-bond donors (Lipinski definition) is 0. The van der Waals surface area contributed by atoms with Crippen molar-refractivity contribution in [2.24, 2.45) is 5.41 Å². The van der Waals surface area contributed by atoms with E-state index in [1.54, 1.807) is 12.1 Å². The molecule has 4 rings (SSSR count). The van der Waals surface area contributed by atoms with Crippen LogP contribution in [-0.4, -0.2) is 0 Å². The van der Waals surface area contributed by atoms with E-state index in [9.17, 15) is 9.65 Å². The lowest BCUT2D eigenvalue weighted by Gasteiger charge is -2.50. The summed E-state index contributed by atoms with van der Waals surface area (Å²) in [5.74, 6) is -0.139. The Morgan fingerprint density at radius 3 is 2.24 bits per heavy atom. The van der Waals surface area contributed by atoms with Gasteiger partial charge in [-0.15, -0.1) is 0 Å². The molecule has 3 aliphatic carbocycles. The predicted molar refractivity (Wildman–Crippen MR) is 63.8 cm³/mol. The van der Waals surface area contributed by atoms with E-state index in [0.29, 0.717) is 0 Å². The van der Waals surface area contributed by atoms with Crippen molar-refractivity contribution in [3.05, 3.63) is 35.6 Å². The van der Waals surface area contributed by atoms with E-state index < -0.39 is 0 Å². The van der Waals surface area contributed by atoms with Gasteiger partial charge in [0.05, 0.1) is 11.5 Å². The minimum atomic E-state index is -0.139. The Morgan fingerprint density at radius 1 is 1.06 bits per heavy atom. The van der Waals surface area contributed by atoms with Crippen molar-refractivity contribution in [2.75, 3.05) is 0 Å². The number of rotatable bonds is 1. The monoisotopic (exact) mass is 229 g/mol. The van der Waals surface area contributed by atoms with E-state index in [-0.39, 0.29) is 16.6 Å². The van der Waals surface area contributed by atoms with Gasteiger partial charge >= 0.3 is 0 Å². The highest BCUT2D eigenvalue weighted by Gasteiger charge is 2.49. The van der Waals surface area contributed by atoms with Gasteiger partial charge in [0.2, 0.25) is 0 Å². The van der Waals surface area contributed by atoms with Crippen LogP contribution in [0.25, 0.3) is 0 Å². The molecule has 2 heteroatoms. The van der Waals surface area contributed by atoms with Gasteiger partial charge in [-0.05, 0) is 61.6 Å². The second-order valence-corrected chi connectivity index (χ2v) is 5.68. The third-order valence-corrected chi connectivity index (χ3v) is 4.92. The molecule has 0 saturated heterocycles. The molecule has 0 N–H and O–H groups in total. The first-order valence-electron chi connectivity index (χ1n) is 6.36. The lowest BCUT2D eigenvalue weighted by Crippen LogP contribution is -2.43. The fourth-order valence-corrected chi connectivity index (χ4v) is 3.60. The van der Waals surface area contributed by atoms with Crippen LogP contribution in [0.5, 0.6) is 0 Å². The van der Waals surface area contributed by atoms with Gasteiger partial charge in [-0.3, -0.25) is 0 Å². The molecule has 0 heterocycles. The second-order valence-electron chi connectivity index (χ2n) is 5.68. The Bertz CT molecular complexity index is 461. The van der Waals surface area contributed by atoms with Gasteiger partial charge in [-0.2, -0.15) is 5.26 Å². The van der Waals surface area contributed by atoms with E-state index >= 15 is 0 Å². The summed E-state index contributed by atoms with van der Waals surface area (Å²) >= 11 is 0. The number of nitriles is 1. The second kappa shape index (κ2) is 3.57. The van der Waals surface area contributed by atoms with E-state index in [4.69, 9.17) is 0 Å². The molecule has 88 valence electrons. The van der Waals surface area contributed by atoms with Gasteiger partial charge in [0, 0.05) is 0 Å². The Kier molecular flexibility index (Phi) is 2.26. The van der Waals surface area contributed by atoms with Crippen molar-refractivity contribution in [1.29, 1.82) is 5.26 Å². The maximum Gasteiger partial charge on any atom is 0.123 e. The van der Waals surface area contributed by atoms with Crippen molar-refractivity contribution >= 4 is 0 Å². The van der Waals surface area contributed by atoms with Gasteiger partial charge in [0.1, 0.15) is 5.82 Å². The predicted octanol–water partition coefficient (Wildman–Crippen LogP) is 3.94. The molecule has 0 aliphatic heterocycles. The molecular weight excluding hydrogens is 213 g/mol. The van der Waals surface area contributed by atoms with Crippen LogP contribution in [-0.2, 0) is 5.41 Å². The van der Waals surface area contributed by atoms with Crippen LogP contribution in [0, 0.1) is 22.6 Å². The summed E-state index contributed by atoms with van der Waals surface area (Å²) in [5, 5.41) is 9.25. The summed E-state index contributed by atoms with van der Waals surface area (Å²) in [6.07, 6.45) is 6.10. The molecule has 1 aromatic carbocycles. The van der Waals surface area contributed by atoms with E-state index in [0.717, 1.165) is 44.1 Å². The van der Waals surface area contributed by atoms with Crippen LogP contribution in [0.4, 0.5) is 4.39 Å². The van der Waals surface area contributed by atoms with Crippen LogP contribution >= 0.6 is 0 Å². The quantitative estimate of drug-likeness (QED) is 0.715. The van der Waals surface area contributed by atoms with Crippen LogP contribution in [0.1, 0.15) is 44.1 Å². The molecular formula is C15H16FN. The Balaban J connectivity index is 1.93. The van der Waals surface area contributed by atoms with E-state index in [1.165, 1.54) is 6.07 Å². The number of hydrogen-bond acceptors (Lipinski definition) is 1. The summed E-state index contributed by atoms with van der Waals surface area (Å²) in [4.78, 5) is 0. The molecule has 0 aromatic heterocycles. The Hall–Kier alpha value is -1.36. The van der Waals surface area contributed by atoms with Crippen molar-refractivity contribution < 1.29 is 4.39 Å². The third kappa shape index (κ3) is 1.57. The molecule has 0 atom stereocenters. The average molecular weight is 229 g/mol. The van der Waals surface area contributed by atoms with Crippen molar-refractivity contribution in [3.63, 3.8) is 0 Å². The molecule has 0 amide bonds. The number of nitrogens with zero attached hydrogens (tertiary/aromatic N) is 1. The van der Waals surface area contributed by atoms with Crippen LogP contribution in [0.2, 0.25) is 0 Å². The Morgan fingerprint density at radius 2 is 1.71 bits per heavy atom. The fraction of sp³-hybridized carbons (Fsp3) is 0.533. The summed E-state index contributed by atoms with van der Waals surface area (Å²) in [6, 6.07) is 9.56. The Labute approximate surface area is 101 Å². The normalized spacial score (nSPS) is 35.5. The first-order valence-corrected chi connectivity index (χ1v) is 6.36. The third-order valence-electron chi connectivity index (χ3n) is 4.92. The van der Waals surface area contributed by atoms with Gasteiger partial charge < -0.3 is 0 Å². The smallest absolute Gasteiger partial charge is 0.123 e. The van der Waals surface area contributed by atoms with Gasteiger partial charge in [0.25, 0.3) is 0 Å². The maximum atomic E-state index is 13.3. The highest BCUT2D eigenvalue weighted by atomic mass is 19.1. The van der Waals surface area contributed by atoms with E-state index in [1.807, 2.05) is 6.07 Å². The van der Waals surface area contributed by atoms with Gasteiger partial charge in [0.15, 0.2) is 0 Å². The standard InChI is InChI=1S/C15H16FN/c16-13-3-1-2-12(10-13)15-7-4-14(11-17,5-8-15)6-9-15/h1-3,10H,4-9H2. The highest BCUT2D eigenvalue weighted by molar-refractivity contribution is 5.30. The number of fused-ring (bicyclic) bond motifs is 3. The summed E-state index contributed by atoms with van der Waals surface area (Å²) in [5.41, 5.74) is 1.24. The summed E-state index contributed by atoms with van der Waals surface area (Å²) < 4.78 is 13.3. The molecule has 2 bridgehead atoms. The molecule has 1 nitrogen and oxygen atoms in total. The van der Waals surface area contributed by atoms with Crippen LogP contribution < -0.4 is 0 Å². The van der Waals surface area contributed by atoms with Crippen LogP contribution in [0.15, 0.2) is 24.3 Å². The SMILES string of the molecule is N#CC12CCC(c3cccc(F)c3)(CC1)CC2. The minimum Gasteiger partial charge on any atom is -0.207 e. The topological polar surface area (TPSA) is 23.8 Å². The molecule has 3 aliphatic rings. The first-order chi connectivity index (χ1) is 8.18. The first kappa shape index (κ1) is 10.8. The molecule has 0 spiro atoms. The highest BCUT2D eigenvalue weighted by Crippen LogP contribution is 2.57. The molecule has 0 radical (unpaired) electrons. The number of benzene rings is 1. The lowest BCUT2D eigenvalue weighted by atomic mass is 9.52. The largest absolute Gasteiger partial charge is 0.207 e. The summed E-state index contributed by atoms with van der Waals surface area (Å²) in [6.45, 7) is 0. The fourth-order valence-electron chi connectivity index (χ4n) is 3.60. The zero-order valence-electron chi connectivity index (χ0n) is 9.88. The van der Waals surface area contributed by atoms with Gasteiger partial charge in [-0.1, -0.05) is 12.1 Å². The van der Waals surface area contributed by atoms with Crippen molar-refractivity contribution in [3.8, 4) is 6.07 Å². The maximum absolute atomic E-state index is 13.3. The van der Waals surface area contributed by atoms with Gasteiger partial charge in [-0.25, -0.2) is 4.39 Å². The molecule has 17 heavy (non-hydrogen) atoms. The minimum absolute atomic E-state index is 0.0604. The lowest BCUT2D eigenvalue weighted by molar-refractivity contribution is 0.0847. The molecule has 3 saturated carbocycles. The van der Waals surface area contributed by atoms with Crippen LogP contribution in [0.3, 0.4) is 0 Å². The molecule has 0 unspecified atom stereocenters. The zero-order chi connectivity index (χ0) is 11.9. The molecule has 1 aromatic rings. The summed E-state index contributed by atoms with van der Waals surface area (Å²) in [7, 11) is 0.